The molecule has 0 aliphatic rings. The van der Waals surface area contributed by atoms with Gasteiger partial charge in [0.2, 0.25) is 0 Å². The molecule has 0 aliphatic carbocycles. The molecule has 0 spiro atoms. The van der Waals surface area contributed by atoms with E-state index in [0.29, 0.717) is 11.1 Å². The van der Waals surface area contributed by atoms with Crippen molar-refractivity contribution in [3.8, 4) is 11.1 Å². The van der Waals surface area contributed by atoms with Crippen molar-refractivity contribution in [2.24, 2.45) is 0 Å². The Hall–Kier alpha value is -1.96. The number of benzene rings is 2. The number of hydrogen-bond donors (Lipinski definition) is 0. The molecule has 0 N–H and O–H groups in total. The van der Waals surface area contributed by atoms with Crippen LogP contribution in [0.1, 0.15) is 21.5 Å². The summed E-state index contributed by atoms with van der Waals surface area (Å²) >= 11 is 0. The number of aldehydes is 1. The molecule has 17 heavy (non-hydrogen) atoms. The number of rotatable bonds is 2. The van der Waals surface area contributed by atoms with Crippen LogP contribution in [0.2, 0.25) is 0 Å². The van der Waals surface area contributed by atoms with Crippen LogP contribution in [-0.2, 0) is 0 Å². The largest absolute Gasteiger partial charge is 0.298 e. The Balaban J connectivity index is 2.71. The Bertz CT molecular complexity index is 573. The first kappa shape index (κ1) is 11.5. The molecular formula is C15H13FO. The summed E-state index contributed by atoms with van der Waals surface area (Å²) in [6.07, 6.45) is 0.760. The Labute approximate surface area is 99.9 Å². The monoisotopic (exact) mass is 228 g/mol. The van der Waals surface area contributed by atoms with E-state index in [1.807, 2.05) is 32.0 Å². The summed E-state index contributed by atoms with van der Waals surface area (Å²) in [5.41, 5.74) is 4.28. The van der Waals surface area contributed by atoms with Gasteiger partial charge in [-0.25, -0.2) is 4.39 Å². The van der Waals surface area contributed by atoms with Gasteiger partial charge in [0.15, 0.2) is 6.29 Å². The van der Waals surface area contributed by atoms with Crippen LogP contribution in [0.25, 0.3) is 11.1 Å². The molecule has 0 amide bonds. The normalized spacial score (nSPS) is 10.3. The summed E-state index contributed by atoms with van der Waals surface area (Å²) in [6.45, 7) is 3.98. The molecule has 0 saturated carbocycles. The van der Waals surface area contributed by atoms with Crippen LogP contribution < -0.4 is 0 Å². The fourth-order valence-corrected chi connectivity index (χ4v) is 1.91. The Morgan fingerprint density at radius 1 is 1.06 bits per heavy atom. The molecule has 0 radical (unpaired) electrons. The van der Waals surface area contributed by atoms with E-state index in [4.69, 9.17) is 0 Å². The number of carbonyl (C=O) groups is 1. The molecule has 2 rings (SSSR count). The molecule has 0 heterocycles. The molecule has 0 unspecified atom stereocenters. The minimum Gasteiger partial charge on any atom is -0.298 e. The highest BCUT2D eigenvalue weighted by atomic mass is 19.1. The van der Waals surface area contributed by atoms with Crippen molar-refractivity contribution in [2.75, 3.05) is 0 Å². The molecule has 2 aromatic carbocycles. The average Bonchev–Trinajstić information content (AvgIpc) is 2.33. The molecule has 0 aromatic heterocycles. The van der Waals surface area contributed by atoms with Crippen molar-refractivity contribution in [1.29, 1.82) is 0 Å². The number of halogens is 1. The maximum Gasteiger partial charge on any atom is 0.150 e. The van der Waals surface area contributed by atoms with Crippen LogP contribution in [0, 0.1) is 19.7 Å². The van der Waals surface area contributed by atoms with Gasteiger partial charge in [-0.3, -0.25) is 4.79 Å². The Morgan fingerprint density at radius 3 is 2.53 bits per heavy atom. The standard InChI is InChI=1S/C15H13FO/c1-10-4-3-5-14(11(10)2)15-8-13(16)7-6-12(15)9-17/h3-9H,1-2H3. The van der Waals surface area contributed by atoms with E-state index >= 15 is 0 Å². The van der Waals surface area contributed by atoms with Gasteiger partial charge in [0.25, 0.3) is 0 Å². The van der Waals surface area contributed by atoms with Crippen LogP contribution in [0.5, 0.6) is 0 Å². The Morgan fingerprint density at radius 2 is 1.82 bits per heavy atom. The Kier molecular flexibility index (Phi) is 3.05. The lowest BCUT2D eigenvalue weighted by Gasteiger charge is -2.10. The highest BCUT2D eigenvalue weighted by Crippen LogP contribution is 2.28. The minimum absolute atomic E-state index is 0.327. The van der Waals surface area contributed by atoms with Crippen molar-refractivity contribution in [3.05, 3.63) is 58.9 Å². The predicted octanol–water partition coefficient (Wildman–Crippen LogP) is 3.92. The van der Waals surface area contributed by atoms with Gasteiger partial charge in [-0.2, -0.15) is 0 Å². The summed E-state index contributed by atoms with van der Waals surface area (Å²) in [4.78, 5) is 11.0. The van der Waals surface area contributed by atoms with Crippen molar-refractivity contribution in [1.82, 2.24) is 0 Å². The number of hydrogen-bond acceptors (Lipinski definition) is 1. The van der Waals surface area contributed by atoms with Crippen LogP contribution in [-0.4, -0.2) is 6.29 Å². The van der Waals surface area contributed by atoms with Gasteiger partial charge in [-0.1, -0.05) is 18.2 Å². The second kappa shape index (κ2) is 4.50. The van der Waals surface area contributed by atoms with Gasteiger partial charge in [0.05, 0.1) is 0 Å². The number of aryl methyl sites for hydroxylation is 1. The highest BCUT2D eigenvalue weighted by molar-refractivity contribution is 5.88. The zero-order chi connectivity index (χ0) is 12.4. The molecule has 0 atom stereocenters. The zero-order valence-electron chi connectivity index (χ0n) is 9.83. The van der Waals surface area contributed by atoms with Crippen LogP contribution in [0.4, 0.5) is 4.39 Å². The smallest absolute Gasteiger partial charge is 0.150 e. The van der Waals surface area contributed by atoms with Crippen molar-refractivity contribution in [3.63, 3.8) is 0 Å². The fourth-order valence-electron chi connectivity index (χ4n) is 1.91. The highest BCUT2D eigenvalue weighted by Gasteiger charge is 2.09. The molecule has 86 valence electrons. The summed E-state index contributed by atoms with van der Waals surface area (Å²) in [6, 6.07) is 10.0. The quantitative estimate of drug-likeness (QED) is 0.712. The summed E-state index contributed by atoms with van der Waals surface area (Å²) in [5.74, 6) is -0.327. The average molecular weight is 228 g/mol. The maximum absolute atomic E-state index is 13.3. The van der Waals surface area contributed by atoms with Crippen LogP contribution >= 0.6 is 0 Å². The molecule has 1 nitrogen and oxygen atoms in total. The van der Waals surface area contributed by atoms with Crippen molar-refractivity contribution < 1.29 is 9.18 Å². The van der Waals surface area contributed by atoms with Gasteiger partial charge in [-0.15, -0.1) is 0 Å². The summed E-state index contributed by atoms with van der Waals surface area (Å²) in [5, 5.41) is 0. The molecule has 2 aromatic rings. The number of carbonyl (C=O) groups excluding carboxylic acids is 1. The van der Waals surface area contributed by atoms with Gasteiger partial charge in [0.1, 0.15) is 5.82 Å². The molecular weight excluding hydrogens is 215 g/mol. The SMILES string of the molecule is Cc1cccc(-c2cc(F)ccc2C=O)c1C. The second-order valence-corrected chi connectivity index (χ2v) is 4.10. The van der Waals surface area contributed by atoms with E-state index in [-0.39, 0.29) is 5.82 Å². The molecule has 0 fully saturated rings. The first-order valence-electron chi connectivity index (χ1n) is 5.45. The molecule has 0 bridgehead atoms. The van der Waals surface area contributed by atoms with Gasteiger partial charge >= 0.3 is 0 Å². The zero-order valence-corrected chi connectivity index (χ0v) is 9.83. The lowest BCUT2D eigenvalue weighted by Crippen LogP contribution is -1.93. The molecule has 0 saturated heterocycles. The predicted molar refractivity (Wildman–Crippen MR) is 66.7 cm³/mol. The lowest BCUT2D eigenvalue weighted by molar-refractivity contribution is 0.112. The maximum atomic E-state index is 13.3. The fraction of sp³-hybridized carbons (Fsp3) is 0.133. The topological polar surface area (TPSA) is 17.1 Å². The third-order valence-electron chi connectivity index (χ3n) is 3.04. The minimum atomic E-state index is -0.327. The van der Waals surface area contributed by atoms with Crippen molar-refractivity contribution in [2.45, 2.75) is 13.8 Å². The summed E-state index contributed by atoms with van der Waals surface area (Å²) < 4.78 is 13.3. The van der Waals surface area contributed by atoms with E-state index in [2.05, 4.69) is 0 Å². The van der Waals surface area contributed by atoms with Gasteiger partial charge < -0.3 is 0 Å². The molecule has 2 heteroatoms. The third kappa shape index (κ3) is 2.11. The van der Waals surface area contributed by atoms with E-state index < -0.39 is 0 Å². The second-order valence-electron chi connectivity index (χ2n) is 4.10. The van der Waals surface area contributed by atoms with E-state index in [9.17, 15) is 9.18 Å². The van der Waals surface area contributed by atoms with Crippen LogP contribution in [0.15, 0.2) is 36.4 Å². The van der Waals surface area contributed by atoms with Gasteiger partial charge in [-0.05, 0) is 54.3 Å². The molecule has 0 aliphatic heterocycles. The van der Waals surface area contributed by atoms with Gasteiger partial charge in [0, 0.05) is 5.56 Å². The van der Waals surface area contributed by atoms with E-state index in [1.54, 1.807) is 0 Å². The summed E-state index contributed by atoms with van der Waals surface area (Å²) in [7, 11) is 0. The van der Waals surface area contributed by atoms with Crippen LogP contribution in [0.3, 0.4) is 0 Å². The van der Waals surface area contributed by atoms with Crippen molar-refractivity contribution >= 4 is 6.29 Å². The first-order valence-corrected chi connectivity index (χ1v) is 5.45. The third-order valence-corrected chi connectivity index (χ3v) is 3.04. The first-order chi connectivity index (χ1) is 8.13. The van der Waals surface area contributed by atoms with E-state index in [0.717, 1.165) is 23.0 Å². The van der Waals surface area contributed by atoms with E-state index in [1.165, 1.54) is 18.2 Å². The lowest BCUT2D eigenvalue weighted by atomic mass is 9.94.